The standard InChI is InChI=1S/C17H21N3O2S/c1-5-14(17-18-9-12(4)23-17)20-16(22)15(21)19-13-7-6-10(2)11(3)8-13/h6-9,14H,5H2,1-4H3,(H,19,21)(H,20,22). The monoisotopic (exact) mass is 331 g/mol. The first-order valence-corrected chi connectivity index (χ1v) is 8.33. The van der Waals surface area contributed by atoms with Crippen LogP contribution in [0.1, 0.15) is 40.4 Å². The number of aryl methyl sites for hydroxylation is 3. The molecule has 0 bridgehead atoms. The Morgan fingerprint density at radius 1 is 1.17 bits per heavy atom. The van der Waals surface area contributed by atoms with Crippen LogP contribution in [0.25, 0.3) is 0 Å². The van der Waals surface area contributed by atoms with Crippen molar-refractivity contribution in [1.29, 1.82) is 0 Å². The molecule has 1 unspecified atom stereocenters. The predicted octanol–water partition coefficient (Wildman–Crippen LogP) is 3.27. The van der Waals surface area contributed by atoms with Crippen LogP contribution in [0, 0.1) is 20.8 Å². The Morgan fingerprint density at radius 3 is 2.48 bits per heavy atom. The van der Waals surface area contributed by atoms with Crippen LogP contribution in [0.2, 0.25) is 0 Å². The number of amides is 2. The average Bonchev–Trinajstić information content (AvgIpc) is 2.94. The summed E-state index contributed by atoms with van der Waals surface area (Å²) in [6, 6.07) is 5.30. The van der Waals surface area contributed by atoms with Crippen LogP contribution >= 0.6 is 11.3 Å². The maximum Gasteiger partial charge on any atom is 0.313 e. The topological polar surface area (TPSA) is 71.1 Å². The van der Waals surface area contributed by atoms with Gasteiger partial charge in [0.25, 0.3) is 0 Å². The Labute approximate surface area is 140 Å². The maximum absolute atomic E-state index is 12.1. The fraction of sp³-hybridized carbons (Fsp3) is 0.353. The lowest BCUT2D eigenvalue weighted by molar-refractivity contribution is -0.136. The number of aromatic nitrogens is 1. The molecule has 0 aliphatic rings. The third-order valence-corrected chi connectivity index (χ3v) is 4.65. The quantitative estimate of drug-likeness (QED) is 0.845. The van der Waals surface area contributed by atoms with Crippen molar-refractivity contribution in [1.82, 2.24) is 10.3 Å². The van der Waals surface area contributed by atoms with Gasteiger partial charge in [-0.05, 0) is 50.5 Å². The van der Waals surface area contributed by atoms with Gasteiger partial charge in [-0.2, -0.15) is 0 Å². The van der Waals surface area contributed by atoms with Crippen LogP contribution in [-0.2, 0) is 9.59 Å². The summed E-state index contributed by atoms with van der Waals surface area (Å²) in [5.41, 5.74) is 2.82. The van der Waals surface area contributed by atoms with Crippen LogP contribution in [0.3, 0.4) is 0 Å². The Morgan fingerprint density at radius 2 is 1.91 bits per heavy atom. The predicted molar refractivity (Wildman–Crippen MR) is 92.6 cm³/mol. The first kappa shape index (κ1) is 17.1. The van der Waals surface area contributed by atoms with Gasteiger partial charge in [0.15, 0.2) is 0 Å². The largest absolute Gasteiger partial charge is 0.339 e. The lowest BCUT2D eigenvalue weighted by Crippen LogP contribution is -2.37. The number of hydrogen-bond donors (Lipinski definition) is 2. The second kappa shape index (κ2) is 7.37. The third-order valence-electron chi connectivity index (χ3n) is 3.62. The summed E-state index contributed by atoms with van der Waals surface area (Å²) >= 11 is 1.52. The van der Waals surface area contributed by atoms with E-state index in [1.807, 2.05) is 39.8 Å². The van der Waals surface area contributed by atoms with E-state index in [0.717, 1.165) is 21.0 Å². The summed E-state index contributed by atoms with van der Waals surface area (Å²) < 4.78 is 0. The highest BCUT2D eigenvalue weighted by atomic mass is 32.1. The van der Waals surface area contributed by atoms with E-state index in [1.165, 1.54) is 11.3 Å². The minimum atomic E-state index is -0.667. The minimum absolute atomic E-state index is 0.244. The second-order valence-electron chi connectivity index (χ2n) is 5.50. The van der Waals surface area contributed by atoms with Crippen molar-refractivity contribution in [3.8, 4) is 0 Å². The molecule has 5 nitrogen and oxygen atoms in total. The number of thiazole rings is 1. The van der Waals surface area contributed by atoms with Crippen LogP contribution in [0.15, 0.2) is 24.4 Å². The normalized spacial score (nSPS) is 11.8. The van der Waals surface area contributed by atoms with Gasteiger partial charge < -0.3 is 10.6 Å². The van der Waals surface area contributed by atoms with Gasteiger partial charge in [-0.1, -0.05) is 13.0 Å². The lowest BCUT2D eigenvalue weighted by Gasteiger charge is -2.14. The van der Waals surface area contributed by atoms with Gasteiger partial charge in [-0.25, -0.2) is 4.98 Å². The van der Waals surface area contributed by atoms with Crippen molar-refractivity contribution in [3.05, 3.63) is 45.4 Å². The Balaban J connectivity index is 2.01. The molecule has 0 spiro atoms. The lowest BCUT2D eigenvalue weighted by atomic mass is 10.1. The number of benzene rings is 1. The second-order valence-corrected chi connectivity index (χ2v) is 6.76. The summed E-state index contributed by atoms with van der Waals surface area (Å²) in [7, 11) is 0. The van der Waals surface area contributed by atoms with Crippen LogP contribution < -0.4 is 10.6 Å². The molecule has 2 N–H and O–H groups in total. The molecule has 0 radical (unpaired) electrons. The van der Waals surface area contributed by atoms with Crippen LogP contribution in [0.5, 0.6) is 0 Å². The molecule has 0 saturated heterocycles. The maximum atomic E-state index is 12.1. The highest BCUT2D eigenvalue weighted by molar-refractivity contribution is 7.11. The third kappa shape index (κ3) is 4.39. The Hall–Kier alpha value is -2.21. The van der Waals surface area contributed by atoms with Gasteiger partial charge in [-0.15, -0.1) is 11.3 Å². The summed E-state index contributed by atoms with van der Waals surface area (Å²) in [5.74, 6) is -1.32. The molecule has 122 valence electrons. The molecule has 1 heterocycles. The number of anilines is 1. The van der Waals surface area contributed by atoms with E-state index in [4.69, 9.17) is 0 Å². The molecule has 1 aromatic carbocycles. The summed E-state index contributed by atoms with van der Waals surface area (Å²) in [4.78, 5) is 29.5. The number of hydrogen-bond acceptors (Lipinski definition) is 4. The summed E-state index contributed by atoms with van der Waals surface area (Å²) in [6.45, 7) is 7.86. The van der Waals surface area contributed by atoms with Crippen molar-refractivity contribution in [3.63, 3.8) is 0 Å². The first-order valence-electron chi connectivity index (χ1n) is 7.52. The molecular weight excluding hydrogens is 310 g/mol. The van der Waals surface area contributed by atoms with E-state index in [2.05, 4.69) is 15.6 Å². The average molecular weight is 331 g/mol. The Bertz CT molecular complexity index is 724. The molecule has 2 amide bonds. The zero-order chi connectivity index (χ0) is 17.0. The smallest absolute Gasteiger partial charge is 0.313 e. The van der Waals surface area contributed by atoms with E-state index in [0.29, 0.717) is 12.1 Å². The molecule has 0 fully saturated rings. The van der Waals surface area contributed by atoms with E-state index < -0.39 is 11.8 Å². The SMILES string of the molecule is CCC(NC(=O)C(=O)Nc1ccc(C)c(C)c1)c1ncc(C)s1. The summed E-state index contributed by atoms with van der Waals surface area (Å²) in [5, 5.41) is 6.18. The van der Waals surface area contributed by atoms with E-state index in [-0.39, 0.29) is 6.04 Å². The minimum Gasteiger partial charge on any atom is -0.339 e. The number of carbonyl (C=O) groups excluding carboxylic acids is 2. The van der Waals surface area contributed by atoms with Gasteiger partial charge >= 0.3 is 11.8 Å². The molecular formula is C17H21N3O2S. The van der Waals surface area contributed by atoms with E-state index in [1.54, 1.807) is 12.3 Å². The van der Waals surface area contributed by atoms with E-state index in [9.17, 15) is 9.59 Å². The van der Waals surface area contributed by atoms with E-state index >= 15 is 0 Å². The van der Waals surface area contributed by atoms with Crippen molar-refractivity contribution in [2.75, 3.05) is 5.32 Å². The molecule has 6 heteroatoms. The number of carbonyl (C=O) groups is 2. The fourth-order valence-corrected chi connectivity index (χ4v) is 3.01. The number of rotatable bonds is 4. The highest BCUT2D eigenvalue weighted by Crippen LogP contribution is 2.22. The zero-order valence-corrected chi connectivity index (χ0v) is 14.6. The molecule has 1 atom stereocenters. The molecule has 0 aliphatic carbocycles. The molecule has 2 aromatic rings. The Kier molecular flexibility index (Phi) is 5.50. The zero-order valence-electron chi connectivity index (χ0n) is 13.8. The first-order chi connectivity index (χ1) is 10.9. The molecule has 23 heavy (non-hydrogen) atoms. The summed E-state index contributed by atoms with van der Waals surface area (Å²) in [6.07, 6.45) is 2.44. The molecule has 0 saturated carbocycles. The van der Waals surface area contributed by atoms with Crippen molar-refractivity contribution in [2.45, 2.75) is 40.2 Å². The van der Waals surface area contributed by atoms with Gasteiger partial charge in [0.2, 0.25) is 0 Å². The van der Waals surface area contributed by atoms with Gasteiger partial charge in [0.05, 0.1) is 6.04 Å². The fourth-order valence-electron chi connectivity index (χ4n) is 2.10. The van der Waals surface area contributed by atoms with Gasteiger partial charge in [-0.3, -0.25) is 9.59 Å². The van der Waals surface area contributed by atoms with Crippen molar-refractivity contribution < 1.29 is 9.59 Å². The van der Waals surface area contributed by atoms with Gasteiger partial charge in [0.1, 0.15) is 5.01 Å². The number of nitrogens with zero attached hydrogens (tertiary/aromatic N) is 1. The van der Waals surface area contributed by atoms with Crippen LogP contribution in [-0.4, -0.2) is 16.8 Å². The highest BCUT2D eigenvalue weighted by Gasteiger charge is 2.21. The van der Waals surface area contributed by atoms with Gasteiger partial charge in [0, 0.05) is 16.8 Å². The van der Waals surface area contributed by atoms with Crippen LogP contribution in [0.4, 0.5) is 5.69 Å². The molecule has 2 rings (SSSR count). The molecule has 1 aromatic heterocycles. The number of nitrogens with one attached hydrogen (secondary N) is 2. The molecule has 0 aliphatic heterocycles. The van der Waals surface area contributed by atoms with Crippen molar-refractivity contribution in [2.24, 2.45) is 0 Å². The van der Waals surface area contributed by atoms with Crippen molar-refractivity contribution >= 4 is 28.8 Å².